The zero-order chi connectivity index (χ0) is 30.2. The van der Waals surface area contributed by atoms with Crippen LogP contribution in [-0.4, -0.2) is 9.78 Å². The van der Waals surface area contributed by atoms with Crippen molar-refractivity contribution in [2.75, 3.05) is 0 Å². The normalized spacial score (nSPS) is 11.6. The van der Waals surface area contributed by atoms with Gasteiger partial charge in [-0.1, -0.05) is 158 Å². The monoisotopic (exact) mass is 596 g/mol. The number of rotatable bonds is 6. The third-order valence-corrected chi connectivity index (χ3v) is 11.5. The Morgan fingerprint density at radius 3 is 1.67 bits per heavy atom. The van der Waals surface area contributed by atoms with Crippen molar-refractivity contribution < 1.29 is 4.57 Å². The first-order valence-electron chi connectivity index (χ1n) is 15.1. The Kier molecular flexibility index (Phi) is 6.74. The van der Waals surface area contributed by atoms with Gasteiger partial charge >= 0.3 is 0 Å². The van der Waals surface area contributed by atoms with Crippen molar-refractivity contribution >= 4 is 44.7 Å². The van der Waals surface area contributed by atoms with Crippen molar-refractivity contribution in [2.24, 2.45) is 0 Å². The van der Waals surface area contributed by atoms with Crippen molar-refractivity contribution in [3.05, 3.63) is 176 Å². The van der Waals surface area contributed by atoms with E-state index in [4.69, 9.17) is 5.10 Å². The first-order chi connectivity index (χ1) is 22.2. The molecule has 0 radical (unpaired) electrons. The second kappa shape index (κ2) is 11.2. The van der Waals surface area contributed by atoms with E-state index < -0.39 is 7.14 Å². The van der Waals surface area contributed by atoms with Crippen LogP contribution in [0.3, 0.4) is 0 Å². The van der Waals surface area contributed by atoms with Crippen LogP contribution in [0.15, 0.2) is 176 Å². The van der Waals surface area contributed by atoms with Crippen LogP contribution in [0.4, 0.5) is 0 Å². The first kappa shape index (κ1) is 27.1. The van der Waals surface area contributed by atoms with Crippen molar-refractivity contribution in [2.45, 2.75) is 0 Å². The number of nitrogens with zero attached hydrogens (tertiary/aromatic N) is 2. The Balaban J connectivity index is 1.45. The average Bonchev–Trinajstić information content (AvgIpc) is 3.54. The number of benzene rings is 7. The fourth-order valence-electron chi connectivity index (χ4n) is 6.36. The molecular formula is C41H29N2OP. The SMILES string of the molecule is O=P(c1ccccc1)(c1ccccc1)c1cccc(-n2nc(-c3ccccc3)c3c(-c4ccccc4)cc4ccccc4c32)c1. The molecule has 8 rings (SSSR count). The average molecular weight is 597 g/mol. The molecule has 0 aliphatic carbocycles. The lowest BCUT2D eigenvalue weighted by molar-refractivity contribution is 0.592. The molecule has 45 heavy (non-hydrogen) atoms. The zero-order valence-electron chi connectivity index (χ0n) is 24.5. The highest BCUT2D eigenvalue weighted by Crippen LogP contribution is 2.44. The molecule has 0 saturated carbocycles. The lowest BCUT2D eigenvalue weighted by Crippen LogP contribution is -2.25. The first-order valence-corrected chi connectivity index (χ1v) is 16.8. The highest BCUT2D eigenvalue weighted by Gasteiger charge is 2.30. The molecule has 214 valence electrons. The van der Waals surface area contributed by atoms with Gasteiger partial charge in [0, 0.05) is 32.2 Å². The summed E-state index contributed by atoms with van der Waals surface area (Å²) in [5, 5.41) is 11.1. The quantitative estimate of drug-likeness (QED) is 0.180. The van der Waals surface area contributed by atoms with E-state index in [1.54, 1.807) is 0 Å². The second-order valence-corrected chi connectivity index (χ2v) is 13.9. The van der Waals surface area contributed by atoms with Gasteiger partial charge in [-0.3, -0.25) is 0 Å². The third kappa shape index (κ3) is 4.61. The molecule has 0 atom stereocenters. The van der Waals surface area contributed by atoms with Gasteiger partial charge in [0.15, 0.2) is 7.14 Å². The Hall–Kier alpha value is -5.50. The summed E-state index contributed by atoms with van der Waals surface area (Å²) >= 11 is 0. The molecule has 0 fully saturated rings. The van der Waals surface area contributed by atoms with E-state index in [-0.39, 0.29) is 0 Å². The number of fused-ring (bicyclic) bond motifs is 3. The molecule has 1 heterocycles. The number of hydrogen-bond donors (Lipinski definition) is 0. The molecule has 3 nitrogen and oxygen atoms in total. The van der Waals surface area contributed by atoms with Gasteiger partial charge in [-0.25, -0.2) is 4.68 Å². The molecule has 0 bridgehead atoms. The van der Waals surface area contributed by atoms with E-state index in [1.807, 2.05) is 84.9 Å². The largest absolute Gasteiger partial charge is 0.309 e. The zero-order valence-corrected chi connectivity index (χ0v) is 25.4. The molecule has 0 saturated heterocycles. The molecule has 4 heteroatoms. The Bertz CT molecular complexity index is 2290. The van der Waals surface area contributed by atoms with Gasteiger partial charge in [0.1, 0.15) is 5.69 Å². The summed E-state index contributed by atoms with van der Waals surface area (Å²) in [4.78, 5) is 0. The standard InChI is InChI=1S/C41H29N2OP/c44-45(34-22-9-3-10-23-34,35-24-11-4-12-25-35)36-26-15-21-33(29-36)43-41-37-27-14-13-20-32(37)28-38(30-16-5-1-6-17-30)39(41)40(42-43)31-18-7-2-8-19-31/h1-29H. The molecule has 0 aliphatic heterocycles. The minimum absolute atomic E-state index is 0.769. The van der Waals surface area contributed by atoms with Crippen molar-refractivity contribution in [3.8, 4) is 28.1 Å². The van der Waals surface area contributed by atoms with Crippen LogP contribution in [0.5, 0.6) is 0 Å². The minimum atomic E-state index is -3.18. The highest BCUT2D eigenvalue weighted by molar-refractivity contribution is 7.85. The number of aromatic nitrogens is 2. The van der Waals surface area contributed by atoms with Gasteiger partial charge in [0.05, 0.1) is 11.2 Å². The van der Waals surface area contributed by atoms with E-state index in [1.165, 1.54) is 0 Å². The van der Waals surface area contributed by atoms with E-state index in [0.29, 0.717) is 0 Å². The van der Waals surface area contributed by atoms with Gasteiger partial charge in [-0.15, -0.1) is 0 Å². The topological polar surface area (TPSA) is 34.9 Å². The summed E-state index contributed by atoms with van der Waals surface area (Å²) in [5.41, 5.74) is 6.11. The van der Waals surface area contributed by atoms with Crippen LogP contribution in [0, 0.1) is 0 Å². The summed E-state index contributed by atoms with van der Waals surface area (Å²) in [7, 11) is -3.18. The predicted molar refractivity (Wildman–Crippen MR) is 189 cm³/mol. The molecule has 1 aromatic heterocycles. The van der Waals surface area contributed by atoms with E-state index in [9.17, 15) is 0 Å². The molecular weight excluding hydrogens is 567 g/mol. The van der Waals surface area contributed by atoms with E-state index in [0.717, 1.165) is 65.7 Å². The van der Waals surface area contributed by atoms with E-state index >= 15 is 4.57 Å². The molecule has 0 spiro atoms. The highest BCUT2D eigenvalue weighted by atomic mass is 31.2. The van der Waals surface area contributed by atoms with Crippen LogP contribution < -0.4 is 15.9 Å². The minimum Gasteiger partial charge on any atom is -0.309 e. The summed E-state index contributed by atoms with van der Waals surface area (Å²) in [6.07, 6.45) is 0. The van der Waals surface area contributed by atoms with Crippen LogP contribution in [0.25, 0.3) is 49.7 Å². The Morgan fingerprint density at radius 2 is 1.02 bits per heavy atom. The summed E-state index contributed by atoms with van der Waals surface area (Å²) in [6, 6.07) is 59.4. The fraction of sp³-hybridized carbons (Fsp3) is 0. The second-order valence-electron chi connectivity index (χ2n) is 11.2. The van der Waals surface area contributed by atoms with Gasteiger partial charge in [0.2, 0.25) is 0 Å². The van der Waals surface area contributed by atoms with Crippen LogP contribution >= 0.6 is 7.14 Å². The van der Waals surface area contributed by atoms with Crippen LogP contribution in [-0.2, 0) is 4.57 Å². The van der Waals surface area contributed by atoms with E-state index in [2.05, 4.69) is 95.7 Å². The van der Waals surface area contributed by atoms with Crippen molar-refractivity contribution in [1.82, 2.24) is 9.78 Å². The van der Waals surface area contributed by atoms with Crippen LogP contribution in [0.1, 0.15) is 0 Å². The molecule has 0 amide bonds. The molecule has 0 unspecified atom stereocenters. The maximum Gasteiger partial charge on any atom is 0.171 e. The number of hydrogen-bond acceptors (Lipinski definition) is 2. The van der Waals surface area contributed by atoms with Crippen molar-refractivity contribution in [1.29, 1.82) is 0 Å². The Labute approximate surface area is 262 Å². The van der Waals surface area contributed by atoms with Gasteiger partial charge < -0.3 is 4.57 Å². The lowest BCUT2D eigenvalue weighted by atomic mass is 9.94. The van der Waals surface area contributed by atoms with Gasteiger partial charge in [-0.2, -0.15) is 5.10 Å². The van der Waals surface area contributed by atoms with Gasteiger partial charge in [-0.05, 0) is 34.7 Å². The fourth-order valence-corrected chi connectivity index (χ4v) is 9.05. The third-order valence-electron chi connectivity index (χ3n) is 8.48. The maximum absolute atomic E-state index is 15.3. The summed E-state index contributed by atoms with van der Waals surface area (Å²) in [5.74, 6) is 0. The summed E-state index contributed by atoms with van der Waals surface area (Å²) < 4.78 is 17.4. The smallest absolute Gasteiger partial charge is 0.171 e. The Morgan fingerprint density at radius 1 is 0.489 bits per heavy atom. The molecule has 8 aromatic rings. The van der Waals surface area contributed by atoms with Crippen molar-refractivity contribution in [3.63, 3.8) is 0 Å². The molecule has 7 aromatic carbocycles. The van der Waals surface area contributed by atoms with Gasteiger partial charge in [0.25, 0.3) is 0 Å². The molecule has 0 N–H and O–H groups in total. The summed E-state index contributed by atoms with van der Waals surface area (Å²) in [6.45, 7) is 0. The molecule has 0 aliphatic rings. The predicted octanol–water partition coefficient (Wildman–Crippen LogP) is 9.15. The maximum atomic E-state index is 15.3. The van der Waals surface area contributed by atoms with Crippen LogP contribution in [0.2, 0.25) is 0 Å². The lowest BCUT2D eigenvalue weighted by Gasteiger charge is -2.20.